The lowest BCUT2D eigenvalue weighted by Gasteiger charge is -2.13. The molecule has 1 amide bonds. The third-order valence-corrected chi connectivity index (χ3v) is 4.68. The smallest absolute Gasteiger partial charge is 0.276 e. The topological polar surface area (TPSA) is 76.1 Å². The molecule has 142 valence electrons. The molecule has 27 heavy (non-hydrogen) atoms. The molecule has 1 aromatic heterocycles. The van der Waals surface area contributed by atoms with Crippen molar-refractivity contribution in [1.29, 1.82) is 0 Å². The van der Waals surface area contributed by atoms with Crippen LogP contribution in [0.25, 0.3) is 0 Å². The van der Waals surface area contributed by atoms with E-state index in [2.05, 4.69) is 26.9 Å². The van der Waals surface area contributed by atoms with E-state index in [0.717, 1.165) is 13.0 Å². The van der Waals surface area contributed by atoms with Crippen LogP contribution in [0, 0.1) is 0 Å². The Morgan fingerprint density at radius 3 is 2.81 bits per heavy atom. The highest BCUT2D eigenvalue weighted by molar-refractivity contribution is 6.31. The van der Waals surface area contributed by atoms with Gasteiger partial charge in [-0.2, -0.15) is 0 Å². The molecule has 0 radical (unpaired) electrons. The van der Waals surface area contributed by atoms with Crippen molar-refractivity contribution in [2.75, 3.05) is 24.3 Å². The zero-order chi connectivity index (χ0) is 19.1. The van der Waals surface area contributed by atoms with Gasteiger partial charge >= 0.3 is 0 Å². The van der Waals surface area contributed by atoms with E-state index in [1.54, 1.807) is 30.3 Å². The molecule has 2 aromatic rings. The predicted octanol–water partition coefficient (Wildman–Crippen LogP) is 4.69. The van der Waals surface area contributed by atoms with Gasteiger partial charge in [0, 0.05) is 11.6 Å². The number of rotatable bonds is 7. The number of halogens is 1. The van der Waals surface area contributed by atoms with Crippen LogP contribution >= 0.6 is 11.6 Å². The van der Waals surface area contributed by atoms with Crippen LogP contribution in [0.3, 0.4) is 0 Å². The Bertz CT molecular complexity index is 821. The largest absolute Gasteiger partial charge is 0.495 e. The first-order valence-electron chi connectivity index (χ1n) is 9.06. The lowest BCUT2D eigenvalue weighted by molar-refractivity contribution is 0.102. The third kappa shape index (κ3) is 5.44. The van der Waals surface area contributed by atoms with Crippen molar-refractivity contribution in [2.45, 2.75) is 32.1 Å². The summed E-state index contributed by atoms with van der Waals surface area (Å²) in [5, 5.41) is 14.6. The summed E-state index contributed by atoms with van der Waals surface area (Å²) in [6.07, 6.45) is 8.32. The molecule has 0 spiro atoms. The number of nitrogens with one attached hydrogen (secondary N) is 2. The van der Waals surface area contributed by atoms with Crippen LogP contribution < -0.4 is 15.4 Å². The Balaban J connectivity index is 1.55. The Morgan fingerprint density at radius 1 is 1.22 bits per heavy atom. The molecule has 0 unspecified atom stereocenters. The molecule has 0 atom stereocenters. The quantitative estimate of drug-likeness (QED) is 0.675. The lowest BCUT2D eigenvalue weighted by atomic mass is 9.97. The molecule has 1 aliphatic rings. The summed E-state index contributed by atoms with van der Waals surface area (Å²) in [5.41, 5.74) is 2.21. The number of allylic oxidation sites excluding steroid dienone is 1. The molecule has 2 N–H and O–H groups in total. The molecule has 0 fully saturated rings. The molecule has 1 heterocycles. The molecule has 0 bridgehead atoms. The van der Waals surface area contributed by atoms with Gasteiger partial charge in [-0.15, -0.1) is 10.2 Å². The maximum Gasteiger partial charge on any atom is 0.276 e. The van der Waals surface area contributed by atoms with Crippen molar-refractivity contribution in [2.24, 2.45) is 0 Å². The van der Waals surface area contributed by atoms with Crippen LogP contribution in [0.5, 0.6) is 5.75 Å². The first kappa shape index (κ1) is 19.2. The second-order valence-electron chi connectivity index (χ2n) is 6.39. The Labute approximate surface area is 164 Å². The van der Waals surface area contributed by atoms with E-state index in [-0.39, 0.29) is 11.6 Å². The van der Waals surface area contributed by atoms with Gasteiger partial charge < -0.3 is 15.4 Å². The summed E-state index contributed by atoms with van der Waals surface area (Å²) >= 11 is 5.98. The van der Waals surface area contributed by atoms with E-state index in [4.69, 9.17) is 16.3 Å². The third-order valence-electron chi connectivity index (χ3n) is 4.44. The molecule has 7 heteroatoms. The number of methoxy groups -OCH3 is 1. The minimum absolute atomic E-state index is 0.220. The van der Waals surface area contributed by atoms with Crippen LogP contribution in [0.2, 0.25) is 5.02 Å². The highest BCUT2D eigenvalue weighted by atomic mass is 35.5. The van der Waals surface area contributed by atoms with E-state index in [0.29, 0.717) is 22.3 Å². The van der Waals surface area contributed by atoms with E-state index in [1.165, 1.54) is 38.4 Å². The highest BCUT2D eigenvalue weighted by Gasteiger charge is 2.12. The van der Waals surface area contributed by atoms with Gasteiger partial charge in [-0.25, -0.2) is 0 Å². The van der Waals surface area contributed by atoms with E-state index in [9.17, 15) is 4.79 Å². The average Bonchev–Trinajstić information content (AvgIpc) is 2.69. The number of benzene rings is 1. The van der Waals surface area contributed by atoms with Crippen molar-refractivity contribution in [3.05, 3.63) is 52.7 Å². The molecule has 0 saturated carbocycles. The van der Waals surface area contributed by atoms with E-state index < -0.39 is 0 Å². The summed E-state index contributed by atoms with van der Waals surface area (Å²) in [6.45, 7) is 0.811. The van der Waals surface area contributed by atoms with Crippen molar-refractivity contribution >= 4 is 29.0 Å². The predicted molar refractivity (Wildman–Crippen MR) is 108 cm³/mol. The van der Waals surface area contributed by atoms with Crippen molar-refractivity contribution in [3.63, 3.8) is 0 Å². The molecule has 3 rings (SSSR count). The van der Waals surface area contributed by atoms with E-state index in [1.807, 2.05) is 0 Å². The van der Waals surface area contributed by atoms with Crippen molar-refractivity contribution in [1.82, 2.24) is 10.2 Å². The molecule has 0 saturated heterocycles. The first-order chi connectivity index (χ1) is 13.2. The monoisotopic (exact) mass is 386 g/mol. The number of ether oxygens (including phenoxy) is 1. The van der Waals surface area contributed by atoms with Crippen LogP contribution in [0.15, 0.2) is 42.0 Å². The number of carbonyl (C=O) groups excluding carboxylic acids is 1. The standard InChI is InChI=1S/C20H23ClN4O2/c1-27-18-9-7-15(21)13-17(18)23-20(26)16-8-10-19(25-24-16)22-12-11-14-5-3-2-4-6-14/h5,7-10,13H,2-4,6,11-12H2,1H3,(H,22,25)(H,23,26). The van der Waals surface area contributed by atoms with Gasteiger partial charge in [0.2, 0.25) is 0 Å². The second kappa shape index (κ2) is 9.37. The van der Waals surface area contributed by atoms with Crippen LogP contribution in [0.1, 0.15) is 42.6 Å². The van der Waals surface area contributed by atoms with Gasteiger partial charge in [-0.05, 0) is 62.4 Å². The summed E-state index contributed by atoms with van der Waals surface area (Å²) in [5.74, 6) is 0.807. The minimum Gasteiger partial charge on any atom is -0.495 e. The number of amides is 1. The maximum absolute atomic E-state index is 12.4. The summed E-state index contributed by atoms with van der Waals surface area (Å²) in [7, 11) is 1.53. The maximum atomic E-state index is 12.4. The highest BCUT2D eigenvalue weighted by Crippen LogP contribution is 2.28. The van der Waals surface area contributed by atoms with Crippen LogP contribution in [-0.4, -0.2) is 29.8 Å². The zero-order valence-electron chi connectivity index (χ0n) is 15.3. The fraction of sp³-hybridized carbons (Fsp3) is 0.350. The Kier molecular flexibility index (Phi) is 6.65. The molecular weight excluding hydrogens is 364 g/mol. The summed E-state index contributed by atoms with van der Waals surface area (Å²) in [6, 6.07) is 8.41. The summed E-state index contributed by atoms with van der Waals surface area (Å²) in [4.78, 5) is 12.4. The number of anilines is 2. The van der Waals surface area contributed by atoms with Gasteiger partial charge in [0.05, 0.1) is 12.8 Å². The van der Waals surface area contributed by atoms with Gasteiger partial charge in [0.15, 0.2) is 5.69 Å². The summed E-state index contributed by atoms with van der Waals surface area (Å²) < 4.78 is 5.23. The molecule has 1 aliphatic carbocycles. The fourth-order valence-corrected chi connectivity index (χ4v) is 3.17. The minimum atomic E-state index is -0.373. The average molecular weight is 387 g/mol. The van der Waals surface area contributed by atoms with E-state index >= 15 is 0 Å². The first-order valence-corrected chi connectivity index (χ1v) is 9.44. The SMILES string of the molecule is COc1ccc(Cl)cc1NC(=O)c1ccc(NCCC2=CCCCC2)nn1. The Morgan fingerprint density at radius 2 is 2.11 bits per heavy atom. The molecule has 6 nitrogen and oxygen atoms in total. The Hall–Kier alpha value is -2.60. The fourth-order valence-electron chi connectivity index (χ4n) is 2.99. The van der Waals surface area contributed by atoms with Crippen LogP contribution in [0.4, 0.5) is 11.5 Å². The van der Waals surface area contributed by atoms with Gasteiger partial charge in [0.1, 0.15) is 11.6 Å². The number of hydrogen-bond donors (Lipinski definition) is 2. The number of aromatic nitrogens is 2. The van der Waals surface area contributed by atoms with Gasteiger partial charge in [-0.3, -0.25) is 4.79 Å². The number of nitrogens with zero attached hydrogens (tertiary/aromatic N) is 2. The van der Waals surface area contributed by atoms with Gasteiger partial charge in [0.25, 0.3) is 5.91 Å². The van der Waals surface area contributed by atoms with Gasteiger partial charge in [-0.1, -0.05) is 23.3 Å². The zero-order valence-corrected chi connectivity index (χ0v) is 16.1. The lowest BCUT2D eigenvalue weighted by Crippen LogP contribution is -2.15. The second-order valence-corrected chi connectivity index (χ2v) is 6.82. The van der Waals surface area contributed by atoms with Crippen molar-refractivity contribution in [3.8, 4) is 5.75 Å². The van der Waals surface area contributed by atoms with Crippen LogP contribution in [-0.2, 0) is 0 Å². The molecular formula is C20H23ClN4O2. The molecule has 0 aliphatic heterocycles. The number of hydrogen-bond acceptors (Lipinski definition) is 5. The molecule has 1 aromatic carbocycles. The normalized spacial score (nSPS) is 13.6. The van der Waals surface area contributed by atoms with Crippen molar-refractivity contribution < 1.29 is 9.53 Å². The number of carbonyl (C=O) groups is 1.